The molecule has 88 valence electrons. The molecule has 1 N–H and O–H groups in total. The van der Waals surface area contributed by atoms with Crippen molar-refractivity contribution in [3.8, 4) is 0 Å². The lowest BCUT2D eigenvalue weighted by Gasteiger charge is -2.10. The van der Waals surface area contributed by atoms with E-state index in [2.05, 4.69) is 5.32 Å². The van der Waals surface area contributed by atoms with Gasteiger partial charge in [0.25, 0.3) is 0 Å². The van der Waals surface area contributed by atoms with E-state index < -0.39 is 0 Å². The highest BCUT2D eigenvalue weighted by Gasteiger charge is 2.15. The number of rotatable bonds is 5. The summed E-state index contributed by atoms with van der Waals surface area (Å²) in [5.74, 6) is 0.585. The van der Waals surface area contributed by atoms with Crippen molar-refractivity contribution >= 4 is 29.0 Å². The van der Waals surface area contributed by atoms with Crippen LogP contribution in [0.25, 0.3) is 0 Å². The second-order valence-electron chi connectivity index (χ2n) is 3.66. The molecule has 1 atom stereocenters. The molecule has 3 nitrogen and oxygen atoms in total. The molecule has 2 rings (SSSR count). The van der Waals surface area contributed by atoms with Crippen LogP contribution >= 0.6 is 23.1 Å². The van der Waals surface area contributed by atoms with E-state index in [1.807, 2.05) is 17.5 Å². The van der Waals surface area contributed by atoms with E-state index in [1.165, 1.54) is 4.21 Å². The molecule has 1 aliphatic rings. The van der Waals surface area contributed by atoms with Gasteiger partial charge in [0.05, 0.1) is 16.1 Å². The number of nitrogens with one attached hydrogen (secondary N) is 1. The Bertz CT molecular complexity index is 321. The average molecular weight is 257 g/mol. The number of carbonyl (C=O) groups is 1. The molecule has 1 aromatic heterocycles. The highest BCUT2D eigenvalue weighted by atomic mass is 32.2. The molecule has 1 aliphatic heterocycles. The van der Waals surface area contributed by atoms with Gasteiger partial charge in [-0.3, -0.25) is 4.79 Å². The molecule has 1 aromatic rings. The summed E-state index contributed by atoms with van der Waals surface area (Å²) in [5.41, 5.74) is 0. The van der Waals surface area contributed by atoms with Crippen LogP contribution in [0.1, 0.15) is 12.8 Å². The fourth-order valence-electron chi connectivity index (χ4n) is 1.57. The minimum absolute atomic E-state index is 0.0916. The zero-order chi connectivity index (χ0) is 11.2. The third kappa shape index (κ3) is 3.81. The first-order chi connectivity index (χ1) is 7.84. The molecular weight excluding hydrogens is 242 g/mol. The van der Waals surface area contributed by atoms with Crippen molar-refractivity contribution in [2.45, 2.75) is 23.2 Å². The molecule has 0 unspecified atom stereocenters. The van der Waals surface area contributed by atoms with Crippen LogP contribution in [-0.4, -0.2) is 30.9 Å². The number of amides is 1. The monoisotopic (exact) mass is 257 g/mol. The molecule has 0 aromatic carbocycles. The number of ether oxygens (including phenoxy) is 1. The molecule has 0 saturated carbocycles. The minimum atomic E-state index is 0.0916. The molecule has 1 amide bonds. The third-order valence-electron chi connectivity index (χ3n) is 2.39. The fraction of sp³-hybridized carbons (Fsp3) is 0.545. The zero-order valence-corrected chi connectivity index (χ0v) is 10.6. The first-order valence-corrected chi connectivity index (χ1v) is 7.26. The van der Waals surface area contributed by atoms with Crippen molar-refractivity contribution in [1.29, 1.82) is 0 Å². The van der Waals surface area contributed by atoms with Crippen molar-refractivity contribution < 1.29 is 9.53 Å². The summed E-state index contributed by atoms with van der Waals surface area (Å²) >= 11 is 3.25. The van der Waals surface area contributed by atoms with Crippen LogP contribution in [0.15, 0.2) is 21.7 Å². The van der Waals surface area contributed by atoms with Gasteiger partial charge < -0.3 is 10.1 Å². The number of hydrogen-bond donors (Lipinski definition) is 1. The lowest BCUT2D eigenvalue weighted by Crippen LogP contribution is -2.32. The summed E-state index contributed by atoms with van der Waals surface area (Å²) in [6, 6.07) is 4.03. The van der Waals surface area contributed by atoms with Gasteiger partial charge in [-0.2, -0.15) is 0 Å². The number of hydrogen-bond acceptors (Lipinski definition) is 4. The maximum Gasteiger partial charge on any atom is 0.230 e. The van der Waals surface area contributed by atoms with Gasteiger partial charge in [-0.25, -0.2) is 0 Å². The predicted molar refractivity (Wildman–Crippen MR) is 67.0 cm³/mol. The van der Waals surface area contributed by atoms with Gasteiger partial charge in [0.1, 0.15) is 0 Å². The summed E-state index contributed by atoms with van der Waals surface area (Å²) in [4.78, 5) is 11.5. The smallest absolute Gasteiger partial charge is 0.230 e. The van der Waals surface area contributed by atoms with E-state index >= 15 is 0 Å². The number of thioether (sulfide) groups is 1. The molecule has 1 saturated heterocycles. The van der Waals surface area contributed by atoms with Crippen molar-refractivity contribution in [3.05, 3.63) is 17.5 Å². The Morgan fingerprint density at radius 3 is 3.31 bits per heavy atom. The van der Waals surface area contributed by atoms with Gasteiger partial charge in [0.2, 0.25) is 5.91 Å². The van der Waals surface area contributed by atoms with Gasteiger partial charge in [0.15, 0.2) is 0 Å². The quantitative estimate of drug-likeness (QED) is 0.821. The maximum absolute atomic E-state index is 11.5. The Kier molecular flexibility index (Phi) is 4.69. The Balaban J connectivity index is 1.60. The van der Waals surface area contributed by atoms with Crippen LogP contribution in [0.5, 0.6) is 0 Å². The minimum Gasteiger partial charge on any atom is -0.376 e. The first kappa shape index (κ1) is 12.0. The van der Waals surface area contributed by atoms with E-state index in [0.29, 0.717) is 12.3 Å². The fourth-order valence-corrected chi connectivity index (χ4v) is 3.18. The molecule has 1 fully saturated rings. The zero-order valence-electron chi connectivity index (χ0n) is 8.98. The topological polar surface area (TPSA) is 38.3 Å². The summed E-state index contributed by atoms with van der Waals surface area (Å²) in [6.07, 6.45) is 2.42. The highest BCUT2D eigenvalue weighted by Crippen LogP contribution is 2.22. The lowest BCUT2D eigenvalue weighted by atomic mass is 10.2. The molecule has 0 radical (unpaired) electrons. The van der Waals surface area contributed by atoms with Gasteiger partial charge in [0, 0.05) is 13.2 Å². The molecule has 2 heterocycles. The van der Waals surface area contributed by atoms with Crippen LogP contribution in [0.4, 0.5) is 0 Å². The van der Waals surface area contributed by atoms with Gasteiger partial charge in [-0.05, 0) is 24.3 Å². The number of carbonyl (C=O) groups excluding carboxylic acids is 1. The Morgan fingerprint density at radius 1 is 1.69 bits per heavy atom. The second-order valence-corrected chi connectivity index (χ2v) is 5.88. The maximum atomic E-state index is 11.5. The molecule has 16 heavy (non-hydrogen) atoms. The van der Waals surface area contributed by atoms with E-state index in [0.717, 1.165) is 19.4 Å². The molecule has 5 heteroatoms. The van der Waals surface area contributed by atoms with E-state index in [1.54, 1.807) is 23.1 Å². The summed E-state index contributed by atoms with van der Waals surface area (Å²) in [5, 5.41) is 4.93. The molecule has 0 bridgehead atoms. The van der Waals surface area contributed by atoms with Gasteiger partial charge >= 0.3 is 0 Å². The Labute approximate surface area is 104 Å². The van der Waals surface area contributed by atoms with E-state index in [4.69, 9.17) is 4.74 Å². The second kappa shape index (κ2) is 6.27. The SMILES string of the molecule is O=C(CSc1cccs1)NC[C@@H]1CCCO1. The number of thiophene rings is 1. The van der Waals surface area contributed by atoms with Crippen LogP contribution in [0, 0.1) is 0 Å². The first-order valence-electron chi connectivity index (χ1n) is 5.39. The van der Waals surface area contributed by atoms with Crippen LogP contribution < -0.4 is 5.32 Å². The van der Waals surface area contributed by atoms with Crippen LogP contribution in [-0.2, 0) is 9.53 Å². The van der Waals surface area contributed by atoms with Crippen LogP contribution in [0.2, 0.25) is 0 Å². The van der Waals surface area contributed by atoms with E-state index in [-0.39, 0.29) is 12.0 Å². The summed E-state index contributed by atoms with van der Waals surface area (Å²) in [6.45, 7) is 1.49. The van der Waals surface area contributed by atoms with Crippen molar-refractivity contribution in [2.75, 3.05) is 18.9 Å². The standard InChI is InChI=1S/C11H15NO2S2/c13-10(8-16-11-4-2-6-15-11)12-7-9-3-1-5-14-9/h2,4,6,9H,1,3,5,7-8H2,(H,12,13)/t9-/m0/s1. The van der Waals surface area contributed by atoms with Gasteiger partial charge in [-0.15, -0.1) is 23.1 Å². The third-order valence-corrected chi connectivity index (χ3v) is 4.52. The Hall–Kier alpha value is -0.520. The highest BCUT2D eigenvalue weighted by molar-refractivity contribution is 8.01. The summed E-state index contributed by atoms with van der Waals surface area (Å²) < 4.78 is 6.62. The van der Waals surface area contributed by atoms with Crippen molar-refractivity contribution in [1.82, 2.24) is 5.32 Å². The van der Waals surface area contributed by atoms with E-state index in [9.17, 15) is 4.79 Å². The predicted octanol–water partition coefficient (Wildman–Crippen LogP) is 2.14. The van der Waals surface area contributed by atoms with Crippen molar-refractivity contribution in [3.63, 3.8) is 0 Å². The Morgan fingerprint density at radius 2 is 2.62 bits per heavy atom. The van der Waals surface area contributed by atoms with Crippen molar-refractivity contribution in [2.24, 2.45) is 0 Å². The molecular formula is C11H15NO2S2. The van der Waals surface area contributed by atoms with Gasteiger partial charge in [-0.1, -0.05) is 6.07 Å². The lowest BCUT2D eigenvalue weighted by molar-refractivity contribution is -0.119. The largest absolute Gasteiger partial charge is 0.376 e. The normalized spacial score (nSPS) is 19.9. The molecule has 0 spiro atoms. The molecule has 0 aliphatic carbocycles. The summed E-state index contributed by atoms with van der Waals surface area (Å²) in [7, 11) is 0. The average Bonchev–Trinajstić information content (AvgIpc) is 2.96. The van der Waals surface area contributed by atoms with Crippen LogP contribution in [0.3, 0.4) is 0 Å².